The molecule has 1 unspecified atom stereocenters. The number of amides is 2. The number of alkyl halides is 2. The first-order valence-corrected chi connectivity index (χ1v) is 5.17. The summed E-state index contributed by atoms with van der Waals surface area (Å²) in [5, 5.41) is 1.64. The maximum absolute atomic E-state index is 12.0. The first-order chi connectivity index (χ1) is 6.82. The second kappa shape index (κ2) is 4.33. The van der Waals surface area contributed by atoms with Gasteiger partial charge in [-0.05, 0) is 18.3 Å². The van der Waals surface area contributed by atoms with Gasteiger partial charge < -0.3 is 4.90 Å². The van der Waals surface area contributed by atoms with Crippen LogP contribution in [0.3, 0.4) is 0 Å². The molecule has 2 amide bonds. The molecule has 0 spiro atoms. The molecule has 1 aliphatic heterocycles. The van der Waals surface area contributed by atoms with Gasteiger partial charge >= 0.3 is 12.6 Å². The summed E-state index contributed by atoms with van der Waals surface area (Å²) < 4.78 is 24.0. The van der Waals surface area contributed by atoms with Gasteiger partial charge in [0.05, 0.1) is 0 Å². The summed E-state index contributed by atoms with van der Waals surface area (Å²) in [5.74, 6) is 0. The van der Waals surface area contributed by atoms with Crippen molar-refractivity contribution in [2.75, 3.05) is 6.54 Å². The van der Waals surface area contributed by atoms with Crippen LogP contribution in [0.25, 0.3) is 0 Å². The van der Waals surface area contributed by atoms with Crippen molar-refractivity contribution in [2.45, 2.75) is 46.2 Å². The monoisotopic (exact) mass is 220 g/mol. The number of urea groups is 1. The highest BCUT2D eigenvalue weighted by Gasteiger charge is 2.37. The number of carbonyl (C=O) groups excluding carboxylic acids is 1. The summed E-state index contributed by atoms with van der Waals surface area (Å²) in [5.41, 5.74) is -0.0596. The third-order valence-corrected chi connectivity index (χ3v) is 2.75. The Morgan fingerprint density at radius 1 is 1.47 bits per heavy atom. The van der Waals surface area contributed by atoms with Crippen LogP contribution in [0.15, 0.2) is 0 Å². The molecule has 0 aromatic rings. The molecule has 0 bridgehead atoms. The zero-order valence-electron chi connectivity index (χ0n) is 9.39. The summed E-state index contributed by atoms with van der Waals surface area (Å²) >= 11 is 0. The average molecular weight is 220 g/mol. The summed E-state index contributed by atoms with van der Waals surface area (Å²) in [6.07, 6.45) is 1.78. The Labute approximate surface area is 88.8 Å². The highest BCUT2D eigenvalue weighted by molar-refractivity contribution is 5.75. The highest BCUT2D eigenvalue weighted by atomic mass is 19.3. The quantitative estimate of drug-likeness (QED) is 0.676. The van der Waals surface area contributed by atoms with Crippen LogP contribution in [0.5, 0.6) is 0 Å². The molecular formula is C10H18F2N2O. The van der Waals surface area contributed by atoms with E-state index >= 15 is 0 Å². The molecule has 3 nitrogen and oxygen atoms in total. The number of nitrogens with zero attached hydrogens (tertiary/aromatic N) is 1. The normalized spacial score (nSPS) is 22.3. The molecule has 1 saturated heterocycles. The minimum absolute atomic E-state index is 0.0521. The molecule has 0 radical (unpaired) electrons. The third-order valence-electron chi connectivity index (χ3n) is 2.75. The number of rotatable bonds is 1. The predicted octanol–water partition coefficient (Wildman–Crippen LogP) is 2.43. The van der Waals surface area contributed by atoms with Crippen LogP contribution in [0.2, 0.25) is 0 Å². The fourth-order valence-electron chi connectivity index (χ4n) is 2.09. The van der Waals surface area contributed by atoms with Crippen molar-refractivity contribution in [3.8, 4) is 0 Å². The smallest absolute Gasteiger partial charge is 0.321 e. The van der Waals surface area contributed by atoms with Crippen molar-refractivity contribution in [2.24, 2.45) is 5.41 Å². The standard InChI is InChI=1S/C10H18F2N2O/c1-10(2,3)7-5-4-6-14(7)9(15)13-8(11)12/h7-8H,4-6H2,1-3H3,(H,13,15). The molecular weight excluding hydrogens is 202 g/mol. The summed E-state index contributed by atoms with van der Waals surface area (Å²) in [4.78, 5) is 13.0. The second-order valence-electron chi connectivity index (χ2n) is 4.97. The van der Waals surface area contributed by atoms with Crippen LogP contribution in [0, 0.1) is 5.41 Å². The Morgan fingerprint density at radius 3 is 2.53 bits per heavy atom. The molecule has 0 aliphatic carbocycles. The maximum Gasteiger partial charge on any atom is 0.321 e. The van der Waals surface area contributed by atoms with E-state index in [-0.39, 0.29) is 11.5 Å². The molecule has 5 heteroatoms. The topological polar surface area (TPSA) is 32.3 Å². The van der Waals surface area contributed by atoms with Gasteiger partial charge in [-0.2, -0.15) is 8.78 Å². The van der Waals surface area contributed by atoms with Gasteiger partial charge in [-0.3, -0.25) is 5.32 Å². The van der Waals surface area contributed by atoms with Gasteiger partial charge in [-0.15, -0.1) is 0 Å². The highest BCUT2D eigenvalue weighted by Crippen LogP contribution is 2.32. The molecule has 1 heterocycles. The fraction of sp³-hybridized carbons (Fsp3) is 0.900. The van der Waals surface area contributed by atoms with Crippen molar-refractivity contribution in [3.63, 3.8) is 0 Å². The Bertz CT molecular complexity index is 238. The fourth-order valence-corrected chi connectivity index (χ4v) is 2.09. The van der Waals surface area contributed by atoms with E-state index in [9.17, 15) is 13.6 Å². The number of carbonyl (C=O) groups is 1. The van der Waals surface area contributed by atoms with Crippen LogP contribution in [0.1, 0.15) is 33.6 Å². The summed E-state index contributed by atoms with van der Waals surface area (Å²) in [6.45, 7) is 3.85. The molecule has 1 fully saturated rings. The van der Waals surface area contributed by atoms with Crippen LogP contribution in [0.4, 0.5) is 13.6 Å². The lowest BCUT2D eigenvalue weighted by Crippen LogP contribution is -2.48. The van der Waals surface area contributed by atoms with E-state index in [0.717, 1.165) is 12.8 Å². The van der Waals surface area contributed by atoms with E-state index < -0.39 is 12.6 Å². The maximum atomic E-state index is 12.0. The molecule has 1 aliphatic rings. The molecule has 1 rings (SSSR count). The van der Waals surface area contributed by atoms with Crippen molar-refractivity contribution in [3.05, 3.63) is 0 Å². The van der Waals surface area contributed by atoms with E-state index in [1.165, 1.54) is 4.90 Å². The average Bonchev–Trinajstić information content (AvgIpc) is 2.48. The lowest BCUT2D eigenvalue weighted by molar-refractivity contribution is 0.0902. The lowest BCUT2D eigenvalue weighted by Gasteiger charge is -2.34. The SMILES string of the molecule is CC(C)(C)C1CCCN1C(=O)NC(F)F. The molecule has 1 atom stereocenters. The van der Waals surface area contributed by atoms with E-state index in [1.54, 1.807) is 5.32 Å². The number of hydrogen-bond donors (Lipinski definition) is 1. The Morgan fingerprint density at radius 2 is 2.07 bits per heavy atom. The van der Waals surface area contributed by atoms with Crippen molar-refractivity contribution >= 4 is 6.03 Å². The van der Waals surface area contributed by atoms with Gasteiger partial charge in [0.25, 0.3) is 0 Å². The molecule has 0 aromatic heterocycles. The van der Waals surface area contributed by atoms with Gasteiger partial charge in [-0.1, -0.05) is 20.8 Å². The van der Waals surface area contributed by atoms with Crippen LogP contribution < -0.4 is 5.32 Å². The van der Waals surface area contributed by atoms with E-state index in [1.807, 2.05) is 20.8 Å². The largest absolute Gasteiger partial charge is 0.321 e. The van der Waals surface area contributed by atoms with Crippen molar-refractivity contribution < 1.29 is 13.6 Å². The van der Waals surface area contributed by atoms with E-state index in [0.29, 0.717) is 6.54 Å². The number of halogens is 2. The Hall–Kier alpha value is -0.870. The van der Waals surface area contributed by atoms with Gasteiger partial charge in [0.2, 0.25) is 0 Å². The zero-order valence-corrected chi connectivity index (χ0v) is 9.39. The van der Waals surface area contributed by atoms with Gasteiger partial charge in [-0.25, -0.2) is 4.79 Å². The second-order valence-corrected chi connectivity index (χ2v) is 4.97. The molecule has 15 heavy (non-hydrogen) atoms. The van der Waals surface area contributed by atoms with Crippen LogP contribution in [-0.2, 0) is 0 Å². The van der Waals surface area contributed by atoms with Crippen LogP contribution >= 0.6 is 0 Å². The van der Waals surface area contributed by atoms with E-state index in [4.69, 9.17) is 0 Å². The van der Waals surface area contributed by atoms with E-state index in [2.05, 4.69) is 0 Å². The third kappa shape index (κ3) is 3.04. The van der Waals surface area contributed by atoms with Gasteiger partial charge in [0.1, 0.15) is 0 Å². The minimum atomic E-state index is -2.78. The first kappa shape index (κ1) is 12.2. The van der Waals surface area contributed by atoms with Crippen molar-refractivity contribution in [1.29, 1.82) is 0 Å². The van der Waals surface area contributed by atoms with Gasteiger partial charge in [0, 0.05) is 12.6 Å². The van der Waals surface area contributed by atoms with Crippen molar-refractivity contribution in [1.82, 2.24) is 10.2 Å². The zero-order chi connectivity index (χ0) is 11.6. The number of nitrogens with one attached hydrogen (secondary N) is 1. The number of likely N-dealkylation sites (tertiary alicyclic amines) is 1. The summed E-state index contributed by atoms with van der Waals surface area (Å²) in [6, 6.07) is -0.598. The Balaban J connectivity index is 2.64. The molecule has 1 N–H and O–H groups in total. The minimum Gasteiger partial charge on any atom is -0.321 e. The number of hydrogen-bond acceptors (Lipinski definition) is 1. The Kier molecular flexibility index (Phi) is 3.52. The molecule has 88 valence electrons. The lowest BCUT2D eigenvalue weighted by atomic mass is 9.85. The molecule has 0 aromatic carbocycles. The summed E-state index contributed by atoms with van der Waals surface area (Å²) in [7, 11) is 0. The first-order valence-electron chi connectivity index (χ1n) is 5.17. The van der Waals surface area contributed by atoms with Gasteiger partial charge in [0.15, 0.2) is 0 Å². The molecule has 0 saturated carbocycles. The van der Waals surface area contributed by atoms with Crippen LogP contribution in [-0.4, -0.2) is 30.1 Å². The predicted molar refractivity (Wildman–Crippen MR) is 53.7 cm³/mol.